The number of hydrogen-bond acceptors (Lipinski definition) is 2. The normalized spacial score (nSPS) is 9.57. The van der Waals surface area contributed by atoms with Gasteiger partial charge in [-0.3, -0.25) is 4.79 Å². The number of hydrogen-bond donors (Lipinski definition) is 1. The van der Waals surface area contributed by atoms with E-state index in [1.807, 2.05) is 0 Å². The van der Waals surface area contributed by atoms with Gasteiger partial charge in [0.15, 0.2) is 0 Å². The van der Waals surface area contributed by atoms with Crippen LogP contribution in [0.15, 0.2) is 0 Å². The molecular formula is C18H38MgO3Ti. The maximum absolute atomic E-state index is 10.3. The summed E-state index contributed by atoms with van der Waals surface area (Å²) in [5.74, 6) is -0.653. The molecule has 0 aromatic heterocycles. The molecule has 0 heterocycles. The zero-order valence-electron chi connectivity index (χ0n) is 17.3. The third-order valence-electron chi connectivity index (χ3n) is 3.99. The monoisotopic (exact) mass is 374 g/mol. The fourth-order valence-electron chi connectivity index (χ4n) is 2.65. The van der Waals surface area contributed by atoms with E-state index in [-0.39, 0.29) is 25.9 Å². The molecule has 3 nitrogen and oxygen atoms in total. The van der Waals surface area contributed by atoms with Crippen LogP contribution < -0.4 is 0 Å². The van der Waals surface area contributed by atoms with Gasteiger partial charge >= 0.3 is 52.8 Å². The molecule has 0 unspecified atom stereocenters. The molecule has 0 aromatic rings. The fourth-order valence-corrected chi connectivity index (χ4v) is 2.65. The van der Waals surface area contributed by atoms with Gasteiger partial charge in [-0.1, -0.05) is 96.8 Å². The van der Waals surface area contributed by atoms with Crippen LogP contribution in [-0.2, 0) is 28.5 Å². The molecule has 0 aliphatic heterocycles. The van der Waals surface area contributed by atoms with Crippen molar-refractivity contribution in [2.75, 3.05) is 0 Å². The van der Waals surface area contributed by atoms with E-state index in [1.165, 1.54) is 83.5 Å². The first kappa shape index (κ1) is 28.5. The van der Waals surface area contributed by atoms with Gasteiger partial charge in [0.05, 0.1) is 0 Å². The number of rotatable bonds is 16. The predicted molar refractivity (Wildman–Crippen MR) is 95.8 cm³/mol. The Balaban J connectivity index is -0.000000256. The quantitative estimate of drug-likeness (QED) is 0.264. The molecular weight excluding hydrogens is 336 g/mol. The third-order valence-corrected chi connectivity index (χ3v) is 3.99. The van der Waals surface area contributed by atoms with Crippen molar-refractivity contribution in [3.8, 4) is 0 Å². The van der Waals surface area contributed by atoms with E-state index in [4.69, 9.17) is 8.43 Å². The van der Waals surface area contributed by atoms with Gasteiger partial charge in [-0.15, -0.1) is 0 Å². The Bertz CT molecular complexity index is 238. The number of aliphatic carboxylic acids is 1. The molecule has 5 heteroatoms. The van der Waals surface area contributed by atoms with Crippen LogP contribution in [0.25, 0.3) is 0 Å². The number of carbonyl (C=O) groups is 1. The second-order valence-electron chi connectivity index (χ2n) is 6.09. The second-order valence-corrected chi connectivity index (χ2v) is 6.09. The summed E-state index contributed by atoms with van der Waals surface area (Å²) < 4.78 is 8.25. The van der Waals surface area contributed by atoms with Gasteiger partial charge in [-0.25, -0.2) is 0 Å². The molecule has 0 aromatic carbocycles. The minimum absolute atomic E-state index is 0. The zero-order chi connectivity index (χ0) is 16.9. The Morgan fingerprint density at radius 3 is 1.22 bits per heavy atom. The number of carboxylic acid groups (broad SMARTS) is 1. The fraction of sp³-hybridized carbons (Fsp3) is 0.944. The molecule has 134 valence electrons. The van der Waals surface area contributed by atoms with Gasteiger partial charge in [0, 0.05) is 6.42 Å². The van der Waals surface area contributed by atoms with E-state index in [0.29, 0.717) is 6.42 Å². The molecule has 0 radical (unpaired) electrons. The summed E-state index contributed by atoms with van der Waals surface area (Å²) in [5, 5.41) is 8.52. The van der Waals surface area contributed by atoms with Crippen LogP contribution >= 0.6 is 0 Å². The Kier molecular flexibility index (Phi) is 34.2. The summed E-state index contributed by atoms with van der Waals surface area (Å²) in [6, 6.07) is 0. The van der Waals surface area contributed by atoms with Crippen molar-refractivity contribution in [2.24, 2.45) is 0 Å². The number of carboxylic acids is 1. The first-order valence-electron chi connectivity index (χ1n) is 9.19. The van der Waals surface area contributed by atoms with Crippen molar-refractivity contribution in [1.82, 2.24) is 0 Å². The van der Waals surface area contributed by atoms with Crippen LogP contribution in [0.2, 0.25) is 0 Å². The molecule has 1 N–H and O–H groups in total. The molecule has 23 heavy (non-hydrogen) atoms. The maximum atomic E-state index is 10.3. The molecule has 0 rings (SSSR count). The SMILES string of the molecule is CCCCCCCCCCCCCCCCCC(=O)O.[H-].[H-].[Mg+2].[O]=[Ti]. The topological polar surface area (TPSA) is 54.4 Å². The molecule has 0 saturated carbocycles. The van der Waals surface area contributed by atoms with Gasteiger partial charge in [0.2, 0.25) is 0 Å². The van der Waals surface area contributed by atoms with E-state index >= 15 is 0 Å². The summed E-state index contributed by atoms with van der Waals surface area (Å²) in [5.41, 5.74) is 0. The Labute approximate surface area is 174 Å². The Hall–Kier alpha value is 0.751. The molecule has 0 bridgehead atoms. The van der Waals surface area contributed by atoms with E-state index < -0.39 is 5.97 Å². The summed E-state index contributed by atoms with van der Waals surface area (Å²) in [6.45, 7) is 2.27. The first-order chi connectivity index (χ1) is 10.8. The van der Waals surface area contributed by atoms with E-state index in [2.05, 4.69) is 6.92 Å². The van der Waals surface area contributed by atoms with Crippen LogP contribution in [0.5, 0.6) is 0 Å². The number of unbranched alkanes of at least 4 members (excludes halogenated alkanes) is 14. The van der Waals surface area contributed by atoms with E-state index in [1.54, 1.807) is 0 Å². The zero-order valence-corrected chi connectivity index (χ0v) is 18.3. The van der Waals surface area contributed by atoms with Gasteiger partial charge in [0.25, 0.3) is 0 Å². The van der Waals surface area contributed by atoms with Crippen molar-refractivity contribution in [3.05, 3.63) is 0 Å². The van der Waals surface area contributed by atoms with Crippen LogP contribution in [0.1, 0.15) is 113 Å². The summed E-state index contributed by atoms with van der Waals surface area (Å²) in [6.07, 6.45) is 20.2. The van der Waals surface area contributed by atoms with E-state index in [0.717, 1.165) is 33.2 Å². The van der Waals surface area contributed by atoms with Gasteiger partial charge in [-0.2, -0.15) is 0 Å². The predicted octanol–water partition coefficient (Wildman–Crippen LogP) is 6.06. The average molecular weight is 375 g/mol. The molecule has 0 amide bonds. The summed E-state index contributed by atoms with van der Waals surface area (Å²) in [7, 11) is 0. The summed E-state index contributed by atoms with van der Waals surface area (Å²) >= 11 is 0.750. The Morgan fingerprint density at radius 1 is 0.696 bits per heavy atom. The molecule has 0 aliphatic rings. The van der Waals surface area contributed by atoms with Crippen molar-refractivity contribution in [3.63, 3.8) is 0 Å². The standard InChI is InChI=1S/C18H36O2.Mg.O.Ti.2H/c1-2-3-4-5-6-7-8-9-10-11-12-13-14-15-16-17-18(19)20;;;;;/h2-17H2,1H3,(H,19,20);;;;;/q;+2;;;2*-1. The van der Waals surface area contributed by atoms with E-state index in [9.17, 15) is 4.79 Å². The molecule has 0 aliphatic carbocycles. The first-order valence-corrected chi connectivity index (χ1v) is 9.83. The molecule has 0 fully saturated rings. The van der Waals surface area contributed by atoms with Crippen LogP contribution in [0.4, 0.5) is 0 Å². The molecule has 0 spiro atoms. The van der Waals surface area contributed by atoms with Crippen molar-refractivity contribution < 1.29 is 36.5 Å². The van der Waals surface area contributed by atoms with Gasteiger partial charge in [0.1, 0.15) is 0 Å². The van der Waals surface area contributed by atoms with Crippen molar-refractivity contribution in [1.29, 1.82) is 0 Å². The van der Waals surface area contributed by atoms with Crippen molar-refractivity contribution >= 4 is 29.0 Å². The van der Waals surface area contributed by atoms with Gasteiger partial charge in [-0.05, 0) is 6.42 Å². The van der Waals surface area contributed by atoms with Crippen LogP contribution in [-0.4, -0.2) is 34.1 Å². The molecule has 0 atom stereocenters. The van der Waals surface area contributed by atoms with Gasteiger partial charge < -0.3 is 7.96 Å². The molecule has 0 saturated heterocycles. The Morgan fingerprint density at radius 2 is 0.957 bits per heavy atom. The van der Waals surface area contributed by atoms with Crippen LogP contribution in [0.3, 0.4) is 0 Å². The third kappa shape index (κ3) is 31.1. The average Bonchev–Trinajstić information content (AvgIpc) is 2.53. The second kappa shape index (κ2) is 27.6. The van der Waals surface area contributed by atoms with Crippen molar-refractivity contribution in [2.45, 2.75) is 110 Å². The summed E-state index contributed by atoms with van der Waals surface area (Å²) in [4.78, 5) is 10.3. The van der Waals surface area contributed by atoms with Crippen LogP contribution in [0, 0.1) is 0 Å². The minimum atomic E-state index is -0.653.